The van der Waals surface area contributed by atoms with Crippen LogP contribution in [0.15, 0.2) is 48.7 Å². The molecule has 9 heteroatoms. The molecule has 0 saturated carbocycles. The Kier molecular flexibility index (Phi) is 5.44. The van der Waals surface area contributed by atoms with Crippen molar-refractivity contribution in [2.24, 2.45) is 0 Å². The van der Waals surface area contributed by atoms with Crippen LogP contribution in [0, 0.1) is 18.3 Å². The SMILES string of the molecule is Cc1ccc(NC(=O)c2ccccc2NC=C(C#N)c2nn[nH]n2)cc1Cl. The van der Waals surface area contributed by atoms with Gasteiger partial charge in [0.05, 0.1) is 11.3 Å². The quantitative estimate of drug-likeness (QED) is 0.584. The van der Waals surface area contributed by atoms with Crippen molar-refractivity contribution >= 4 is 34.5 Å². The van der Waals surface area contributed by atoms with Gasteiger partial charge in [-0.05, 0) is 42.0 Å². The number of anilines is 2. The zero-order valence-electron chi connectivity index (χ0n) is 14.2. The van der Waals surface area contributed by atoms with Gasteiger partial charge in [-0.15, -0.1) is 10.2 Å². The van der Waals surface area contributed by atoms with E-state index in [9.17, 15) is 10.1 Å². The predicted molar refractivity (Wildman–Crippen MR) is 102 cm³/mol. The Morgan fingerprint density at radius 1 is 1.30 bits per heavy atom. The van der Waals surface area contributed by atoms with Crippen LogP contribution in [0.2, 0.25) is 5.02 Å². The molecule has 0 bridgehead atoms. The summed E-state index contributed by atoms with van der Waals surface area (Å²) >= 11 is 6.10. The number of nitrogens with zero attached hydrogens (tertiary/aromatic N) is 4. The number of carbonyl (C=O) groups is 1. The third kappa shape index (κ3) is 4.29. The molecule has 0 radical (unpaired) electrons. The Morgan fingerprint density at radius 3 is 2.81 bits per heavy atom. The number of nitriles is 1. The first-order valence-corrected chi connectivity index (χ1v) is 8.23. The summed E-state index contributed by atoms with van der Waals surface area (Å²) in [5.74, 6) is -0.161. The minimum Gasteiger partial charge on any atom is -0.360 e. The lowest BCUT2D eigenvalue weighted by molar-refractivity contribution is 0.102. The van der Waals surface area contributed by atoms with Gasteiger partial charge in [-0.3, -0.25) is 4.79 Å². The van der Waals surface area contributed by atoms with Crippen LogP contribution in [0.3, 0.4) is 0 Å². The van der Waals surface area contributed by atoms with E-state index in [2.05, 4.69) is 31.3 Å². The molecule has 1 aromatic heterocycles. The average Bonchev–Trinajstić information content (AvgIpc) is 3.20. The smallest absolute Gasteiger partial charge is 0.257 e. The van der Waals surface area contributed by atoms with Gasteiger partial charge in [0.25, 0.3) is 5.91 Å². The number of halogens is 1. The second-order valence-corrected chi connectivity index (χ2v) is 5.92. The van der Waals surface area contributed by atoms with Crippen molar-refractivity contribution in [3.8, 4) is 6.07 Å². The third-order valence-electron chi connectivity index (χ3n) is 3.68. The van der Waals surface area contributed by atoms with Gasteiger partial charge in [0.15, 0.2) is 0 Å². The third-order valence-corrected chi connectivity index (χ3v) is 4.09. The van der Waals surface area contributed by atoms with Crippen LogP contribution in [-0.4, -0.2) is 26.5 Å². The molecule has 0 aliphatic rings. The number of para-hydroxylation sites is 1. The van der Waals surface area contributed by atoms with E-state index in [4.69, 9.17) is 11.6 Å². The summed E-state index contributed by atoms with van der Waals surface area (Å²) in [5, 5.41) is 28.8. The van der Waals surface area contributed by atoms with Crippen molar-refractivity contribution in [2.75, 3.05) is 10.6 Å². The Balaban J connectivity index is 1.82. The number of allylic oxidation sites excluding steroid dienone is 1. The topological polar surface area (TPSA) is 119 Å². The fourth-order valence-electron chi connectivity index (χ4n) is 2.25. The number of rotatable bonds is 5. The highest BCUT2D eigenvalue weighted by atomic mass is 35.5. The summed E-state index contributed by atoms with van der Waals surface area (Å²) in [5.41, 5.74) is 2.60. The highest BCUT2D eigenvalue weighted by Gasteiger charge is 2.12. The van der Waals surface area contributed by atoms with Gasteiger partial charge in [-0.25, -0.2) is 0 Å². The maximum Gasteiger partial charge on any atom is 0.257 e. The molecule has 0 aliphatic heterocycles. The molecule has 27 heavy (non-hydrogen) atoms. The number of aromatic amines is 1. The van der Waals surface area contributed by atoms with Crippen molar-refractivity contribution in [1.29, 1.82) is 5.26 Å². The lowest BCUT2D eigenvalue weighted by Crippen LogP contribution is -2.13. The van der Waals surface area contributed by atoms with Crippen molar-refractivity contribution in [3.63, 3.8) is 0 Å². The van der Waals surface area contributed by atoms with Gasteiger partial charge in [0.2, 0.25) is 5.82 Å². The first kappa shape index (κ1) is 18.1. The Bertz CT molecular complexity index is 1040. The maximum atomic E-state index is 12.7. The van der Waals surface area contributed by atoms with E-state index in [0.29, 0.717) is 22.0 Å². The number of H-pyrrole nitrogens is 1. The number of hydrogen-bond donors (Lipinski definition) is 3. The molecule has 3 aromatic rings. The molecule has 3 rings (SSSR count). The zero-order valence-corrected chi connectivity index (χ0v) is 14.9. The van der Waals surface area contributed by atoms with Crippen LogP contribution < -0.4 is 10.6 Å². The van der Waals surface area contributed by atoms with Crippen LogP contribution in [0.25, 0.3) is 5.57 Å². The Hall–Kier alpha value is -3.70. The number of carbonyl (C=O) groups excluding carboxylic acids is 1. The summed E-state index contributed by atoms with van der Waals surface area (Å²) in [4.78, 5) is 12.7. The number of nitrogens with one attached hydrogen (secondary N) is 3. The molecular weight excluding hydrogens is 366 g/mol. The molecule has 0 saturated heterocycles. The highest BCUT2D eigenvalue weighted by molar-refractivity contribution is 6.31. The highest BCUT2D eigenvalue weighted by Crippen LogP contribution is 2.22. The number of hydrogen-bond acceptors (Lipinski definition) is 6. The van der Waals surface area contributed by atoms with Crippen LogP contribution in [0.1, 0.15) is 21.7 Å². The van der Waals surface area contributed by atoms with E-state index < -0.39 is 0 Å². The first-order valence-electron chi connectivity index (χ1n) is 7.85. The molecule has 0 fully saturated rings. The second-order valence-electron chi connectivity index (χ2n) is 5.51. The van der Waals surface area contributed by atoms with Gasteiger partial charge >= 0.3 is 0 Å². The molecule has 0 unspecified atom stereocenters. The van der Waals surface area contributed by atoms with Gasteiger partial charge in [-0.1, -0.05) is 29.8 Å². The van der Waals surface area contributed by atoms with Crippen molar-refractivity contribution in [2.45, 2.75) is 6.92 Å². The second kappa shape index (κ2) is 8.12. The molecule has 0 aliphatic carbocycles. The molecule has 3 N–H and O–H groups in total. The van der Waals surface area contributed by atoms with Crippen molar-refractivity contribution < 1.29 is 4.79 Å². The molecule has 1 heterocycles. The van der Waals surface area contributed by atoms with Gasteiger partial charge in [0.1, 0.15) is 11.6 Å². The van der Waals surface area contributed by atoms with E-state index in [0.717, 1.165) is 5.56 Å². The summed E-state index contributed by atoms with van der Waals surface area (Å²) in [6.07, 6.45) is 1.42. The molecule has 134 valence electrons. The number of aromatic nitrogens is 4. The van der Waals surface area contributed by atoms with E-state index in [1.54, 1.807) is 36.4 Å². The van der Waals surface area contributed by atoms with E-state index in [1.807, 2.05) is 19.1 Å². The minimum atomic E-state index is -0.315. The lowest BCUT2D eigenvalue weighted by Gasteiger charge is -2.11. The molecule has 1 amide bonds. The number of benzene rings is 2. The lowest BCUT2D eigenvalue weighted by atomic mass is 10.1. The number of aryl methyl sites for hydroxylation is 1. The number of amides is 1. The van der Waals surface area contributed by atoms with Crippen LogP contribution in [0.5, 0.6) is 0 Å². The molecule has 0 atom stereocenters. The fourth-order valence-corrected chi connectivity index (χ4v) is 2.43. The van der Waals surface area contributed by atoms with Crippen LogP contribution in [0.4, 0.5) is 11.4 Å². The Labute approximate surface area is 159 Å². The minimum absolute atomic E-state index is 0.154. The number of tetrazole rings is 1. The Morgan fingerprint density at radius 2 is 2.11 bits per heavy atom. The van der Waals surface area contributed by atoms with Gasteiger partial charge < -0.3 is 10.6 Å². The largest absolute Gasteiger partial charge is 0.360 e. The van der Waals surface area contributed by atoms with E-state index in [1.165, 1.54) is 6.20 Å². The standard InChI is InChI=1S/C18H14ClN7O/c1-11-6-7-13(8-15(11)19)22-18(27)14-4-2-3-5-16(14)21-10-12(9-20)17-23-25-26-24-17/h2-8,10,21H,1H3,(H,22,27)(H,23,24,25,26). The fraction of sp³-hybridized carbons (Fsp3) is 0.0556. The molecule has 0 spiro atoms. The summed E-state index contributed by atoms with van der Waals surface area (Å²) < 4.78 is 0. The van der Waals surface area contributed by atoms with E-state index in [-0.39, 0.29) is 17.3 Å². The first-order chi connectivity index (χ1) is 13.1. The normalized spacial score (nSPS) is 10.9. The average molecular weight is 380 g/mol. The van der Waals surface area contributed by atoms with Crippen LogP contribution in [-0.2, 0) is 0 Å². The van der Waals surface area contributed by atoms with Gasteiger partial charge in [0, 0.05) is 16.9 Å². The zero-order chi connectivity index (χ0) is 19.2. The van der Waals surface area contributed by atoms with Crippen LogP contribution >= 0.6 is 11.6 Å². The monoisotopic (exact) mass is 379 g/mol. The van der Waals surface area contributed by atoms with Crippen molar-refractivity contribution in [1.82, 2.24) is 20.6 Å². The van der Waals surface area contributed by atoms with Gasteiger partial charge in [-0.2, -0.15) is 10.5 Å². The molecule has 2 aromatic carbocycles. The predicted octanol–water partition coefficient (Wildman–Crippen LogP) is 3.39. The molecule has 8 nitrogen and oxygen atoms in total. The summed E-state index contributed by atoms with van der Waals surface area (Å²) in [7, 11) is 0. The maximum absolute atomic E-state index is 12.7. The van der Waals surface area contributed by atoms with Crippen molar-refractivity contribution in [3.05, 3.63) is 70.6 Å². The summed E-state index contributed by atoms with van der Waals surface area (Å²) in [6, 6.07) is 14.2. The van der Waals surface area contributed by atoms with E-state index >= 15 is 0 Å². The molecular formula is C18H14ClN7O. The summed E-state index contributed by atoms with van der Waals surface area (Å²) in [6.45, 7) is 1.88.